The number of rotatable bonds is 5. The van der Waals surface area contributed by atoms with Crippen LogP contribution in [0.2, 0.25) is 5.02 Å². The minimum Gasteiger partial charge on any atom is -0.486 e. The second-order valence-corrected chi connectivity index (χ2v) is 7.46. The number of hydrogen-bond donors (Lipinski definition) is 1. The second-order valence-electron chi connectivity index (χ2n) is 7.05. The summed E-state index contributed by atoms with van der Waals surface area (Å²) in [5.74, 6) is 0.949. The molecule has 2 aromatic rings. The molecule has 1 amide bonds. The van der Waals surface area contributed by atoms with Crippen LogP contribution in [0.3, 0.4) is 0 Å². The van der Waals surface area contributed by atoms with Crippen molar-refractivity contribution in [1.82, 2.24) is 5.32 Å². The summed E-state index contributed by atoms with van der Waals surface area (Å²) in [5.41, 5.74) is 1.34. The highest BCUT2D eigenvalue weighted by atomic mass is 35.5. The Bertz CT molecular complexity index is 849. The topological polar surface area (TPSA) is 47.6 Å². The van der Waals surface area contributed by atoms with Gasteiger partial charge >= 0.3 is 0 Å². The lowest BCUT2D eigenvalue weighted by Gasteiger charge is -2.40. The maximum atomic E-state index is 13.2. The van der Waals surface area contributed by atoms with Crippen LogP contribution in [-0.4, -0.2) is 25.7 Å². The summed E-state index contributed by atoms with van der Waals surface area (Å²) in [5, 5.41) is 3.56. The van der Waals surface area contributed by atoms with Crippen LogP contribution >= 0.6 is 11.6 Å². The number of ether oxygens (including phenoxy) is 2. The standard InChI is InChI=1S/C21H21ClFNO3/c22-17-12-14(13-18-19(17)27-11-10-26-18)6-9-24-20(25)21(7-1-8-21)15-2-4-16(23)5-3-15/h2-5,12-13H,1,6-11H2,(H,24,25). The normalized spacial score (nSPS) is 17.1. The number of nitrogens with one attached hydrogen (secondary N) is 1. The van der Waals surface area contributed by atoms with Gasteiger partial charge in [0.1, 0.15) is 19.0 Å². The van der Waals surface area contributed by atoms with Crippen molar-refractivity contribution >= 4 is 17.5 Å². The SMILES string of the molecule is O=C(NCCc1cc(Cl)c2c(c1)OCCO2)C1(c2ccc(F)cc2)CCC1. The number of carbonyl (C=O) groups is 1. The predicted octanol–water partition coefficient (Wildman–Crippen LogP) is 4.03. The van der Waals surface area contributed by atoms with Crippen molar-refractivity contribution in [1.29, 1.82) is 0 Å². The average Bonchev–Trinajstić information content (AvgIpc) is 2.62. The average molecular weight is 390 g/mol. The molecule has 0 radical (unpaired) electrons. The van der Waals surface area contributed by atoms with Gasteiger partial charge in [0.15, 0.2) is 11.5 Å². The van der Waals surface area contributed by atoms with Gasteiger partial charge in [-0.2, -0.15) is 0 Å². The molecule has 27 heavy (non-hydrogen) atoms. The van der Waals surface area contributed by atoms with E-state index in [0.29, 0.717) is 42.7 Å². The number of benzene rings is 2. The zero-order valence-electron chi connectivity index (χ0n) is 14.9. The Labute approximate surface area is 162 Å². The molecule has 4 nitrogen and oxygen atoms in total. The van der Waals surface area contributed by atoms with E-state index in [9.17, 15) is 9.18 Å². The Balaban J connectivity index is 1.41. The molecule has 0 unspecified atom stereocenters. The first-order valence-corrected chi connectivity index (χ1v) is 9.59. The van der Waals surface area contributed by atoms with Crippen molar-refractivity contribution in [3.05, 3.63) is 58.4 Å². The molecule has 1 aliphatic heterocycles. The van der Waals surface area contributed by atoms with Gasteiger partial charge < -0.3 is 14.8 Å². The van der Waals surface area contributed by atoms with Crippen molar-refractivity contribution < 1.29 is 18.7 Å². The lowest BCUT2D eigenvalue weighted by molar-refractivity contribution is -0.129. The molecule has 1 N–H and O–H groups in total. The molecule has 2 aliphatic rings. The van der Waals surface area contributed by atoms with Gasteiger partial charge in [-0.15, -0.1) is 0 Å². The monoisotopic (exact) mass is 389 g/mol. The summed E-state index contributed by atoms with van der Waals surface area (Å²) < 4.78 is 24.3. The third kappa shape index (κ3) is 3.48. The Hall–Kier alpha value is -2.27. The van der Waals surface area contributed by atoms with Crippen LogP contribution in [0, 0.1) is 5.82 Å². The molecular weight excluding hydrogens is 369 g/mol. The van der Waals surface area contributed by atoms with Crippen LogP contribution in [0.1, 0.15) is 30.4 Å². The van der Waals surface area contributed by atoms with E-state index in [1.165, 1.54) is 12.1 Å². The lowest BCUT2D eigenvalue weighted by Crippen LogP contribution is -2.49. The fourth-order valence-corrected chi connectivity index (χ4v) is 4.03. The first kappa shape index (κ1) is 18.1. The lowest BCUT2D eigenvalue weighted by atomic mass is 9.64. The molecule has 2 aromatic carbocycles. The minimum atomic E-state index is -0.530. The van der Waals surface area contributed by atoms with E-state index < -0.39 is 5.41 Å². The highest BCUT2D eigenvalue weighted by Crippen LogP contribution is 2.44. The van der Waals surface area contributed by atoms with Crippen molar-refractivity contribution in [3.8, 4) is 11.5 Å². The van der Waals surface area contributed by atoms with Crippen LogP contribution in [0.4, 0.5) is 4.39 Å². The number of amides is 1. The summed E-state index contributed by atoms with van der Waals surface area (Å²) in [6.07, 6.45) is 3.23. The van der Waals surface area contributed by atoms with E-state index in [4.69, 9.17) is 21.1 Å². The third-order valence-corrected chi connectivity index (χ3v) is 5.68. The van der Waals surface area contributed by atoms with Gasteiger partial charge in [-0.1, -0.05) is 30.2 Å². The van der Waals surface area contributed by atoms with E-state index >= 15 is 0 Å². The van der Waals surface area contributed by atoms with Gasteiger partial charge in [0.05, 0.1) is 10.4 Å². The highest BCUT2D eigenvalue weighted by Gasteiger charge is 2.45. The summed E-state index contributed by atoms with van der Waals surface area (Å²) in [6, 6.07) is 10.0. The molecule has 0 bridgehead atoms. The molecule has 1 fully saturated rings. The molecule has 4 rings (SSSR count). The van der Waals surface area contributed by atoms with Gasteiger partial charge in [-0.25, -0.2) is 4.39 Å². The van der Waals surface area contributed by atoms with Crippen molar-refractivity contribution in [2.45, 2.75) is 31.1 Å². The molecule has 0 atom stereocenters. The third-order valence-electron chi connectivity index (χ3n) is 5.39. The first-order valence-electron chi connectivity index (χ1n) is 9.21. The molecular formula is C21H21ClFNO3. The van der Waals surface area contributed by atoms with Gasteiger partial charge in [0.25, 0.3) is 0 Å². The molecule has 0 saturated heterocycles. The fraction of sp³-hybridized carbons (Fsp3) is 0.381. The number of fused-ring (bicyclic) bond motifs is 1. The molecule has 6 heteroatoms. The summed E-state index contributed by atoms with van der Waals surface area (Å²) >= 11 is 6.26. The maximum absolute atomic E-state index is 13.2. The van der Waals surface area contributed by atoms with E-state index in [1.54, 1.807) is 12.1 Å². The van der Waals surface area contributed by atoms with Crippen LogP contribution < -0.4 is 14.8 Å². The maximum Gasteiger partial charge on any atom is 0.230 e. The quantitative estimate of drug-likeness (QED) is 0.839. The molecule has 0 spiro atoms. The minimum absolute atomic E-state index is 0.00370. The van der Waals surface area contributed by atoms with Crippen LogP contribution in [0.15, 0.2) is 36.4 Å². The van der Waals surface area contributed by atoms with Gasteiger partial charge in [-0.3, -0.25) is 4.79 Å². The Morgan fingerprint density at radius 1 is 1.15 bits per heavy atom. The molecule has 142 valence electrons. The number of carbonyl (C=O) groups excluding carboxylic acids is 1. The van der Waals surface area contributed by atoms with Crippen molar-refractivity contribution in [3.63, 3.8) is 0 Å². The van der Waals surface area contributed by atoms with Crippen LogP contribution in [0.25, 0.3) is 0 Å². The Morgan fingerprint density at radius 3 is 2.59 bits per heavy atom. The summed E-state index contributed by atoms with van der Waals surface area (Å²) in [6.45, 7) is 1.50. The summed E-state index contributed by atoms with van der Waals surface area (Å²) in [7, 11) is 0. The van der Waals surface area contributed by atoms with Gasteiger partial charge in [0, 0.05) is 6.54 Å². The van der Waals surface area contributed by atoms with Crippen LogP contribution in [-0.2, 0) is 16.6 Å². The van der Waals surface area contributed by atoms with E-state index in [2.05, 4.69) is 5.32 Å². The van der Waals surface area contributed by atoms with Gasteiger partial charge in [-0.05, 0) is 54.7 Å². The molecule has 1 saturated carbocycles. The molecule has 0 aromatic heterocycles. The van der Waals surface area contributed by atoms with E-state index in [-0.39, 0.29) is 11.7 Å². The van der Waals surface area contributed by atoms with Crippen molar-refractivity contribution in [2.75, 3.05) is 19.8 Å². The summed E-state index contributed by atoms with van der Waals surface area (Å²) in [4.78, 5) is 12.8. The zero-order chi connectivity index (χ0) is 18.9. The number of halogens is 2. The zero-order valence-corrected chi connectivity index (χ0v) is 15.7. The Kier molecular flexibility index (Phi) is 4.96. The predicted molar refractivity (Wildman–Crippen MR) is 101 cm³/mol. The second kappa shape index (κ2) is 7.39. The molecule has 1 aliphatic carbocycles. The van der Waals surface area contributed by atoms with Gasteiger partial charge in [0.2, 0.25) is 5.91 Å². The fourth-order valence-electron chi connectivity index (χ4n) is 3.74. The van der Waals surface area contributed by atoms with Crippen molar-refractivity contribution in [2.24, 2.45) is 0 Å². The molecule has 1 heterocycles. The first-order chi connectivity index (χ1) is 13.1. The number of hydrogen-bond acceptors (Lipinski definition) is 3. The smallest absolute Gasteiger partial charge is 0.230 e. The Morgan fingerprint density at radius 2 is 1.89 bits per heavy atom. The largest absolute Gasteiger partial charge is 0.486 e. The highest BCUT2D eigenvalue weighted by molar-refractivity contribution is 6.32. The van der Waals surface area contributed by atoms with Crippen LogP contribution in [0.5, 0.6) is 11.5 Å². The van der Waals surface area contributed by atoms with E-state index in [1.807, 2.05) is 12.1 Å². The van der Waals surface area contributed by atoms with E-state index in [0.717, 1.165) is 30.4 Å².